The summed E-state index contributed by atoms with van der Waals surface area (Å²) < 4.78 is 0. The van der Waals surface area contributed by atoms with E-state index in [1.807, 2.05) is 13.8 Å². The summed E-state index contributed by atoms with van der Waals surface area (Å²) in [6, 6.07) is 8.80. The Morgan fingerprint density at radius 2 is 1.53 bits per heavy atom. The van der Waals surface area contributed by atoms with Crippen LogP contribution in [-0.2, 0) is 12.8 Å². The molecule has 0 aliphatic carbocycles. The zero-order valence-electron chi connectivity index (χ0n) is 11.0. The van der Waals surface area contributed by atoms with Crippen LogP contribution in [0, 0.1) is 5.92 Å². The van der Waals surface area contributed by atoms with Gasteiger partial charge < -0.3 is 0 Å². The third-order valence-corrected chi connectivity index (χ3v) is 2.49. The van der Waals surface area contributed by atoms with Gasteiger partial charge in [0.05, 0.1) is 0 Å². The van der Waals surface area contributed by atoms with Gasteiger partial charge in [-0.15, -0.1) is 0 Å². The molecule has 0 aromatic heterocycles. The van der Waals surface area contributed by atoms with Crippen molar-refractivity contribution in [2.24, 2.45) is 5.92 Å². The number of aryl methyl sites for hydroxylation is 2. The minimum Gasteiger partial charge on any atom is -0.0683 e. The van der Waals surface area contributed by atoms with Crippen molar-refractivity contribution in [1.82, 2.24) is 0 Å². The van der Waals surface area contributed by atoms with Gasteiger partial charge in [-0.05, 0) is 36.3 Å². The van der Waals surface area contributed by atoms with E-state index in [0.29, 0.717) is 0 Å². The van der Waals surface area contributed by atoms with E-state index in [-0.39, 0.29) is 0 Å². The second-order valence-electron chi connectivity index (χ2n) is 4.05. The summed E-state index contributed by atoms with van der Waals surface area (Å²) in [5.41, 5.74) is 3.06. The van der Waals surface area contributed by atoms with Crippen LogP contribution in [0.3, 0.4) is 0 Å². The first-order valence-corrected chi connectivity index (χ1v) is 6.30. The molecular weight excluding hydrogens is 180 g/mol. The monoisotopic (exact) mass is 206 g/mol. The van der Waals surface area contributed by atoms with Crippen molar-refractivity contribution in [3.63, 3.8) is 0 Å². The molecule has 0 spiro atoms. The van der Waals surface area contributed by atoms with Crippen molar-refractivity contribution < 1.29 is 0 Å². The molecule has 0 saturated carbocycles. The van der Waals surface area contributed by atoms with Crippen LogP contribution >= 0.6 is 0 Å². The Hall–Kier alpha value is -0.780. The van der Waals surface area contributed by atoms with Gasteiger partial charge in [-0.3, -0.25) is 0 Å². The van der Waals surface area contributed by atoms with Crippen LogP contribution in [0.25, 0.3) is 0 Å². The maximum absolute atomic E-state index is 2.29. The molecule has 0 saturated heterocycles. The predicted octanol–water partition coefficient (Wildman–Crippen LogP) is 4.86. The van der Waals surface area contributed by atoms with Gasteiger partial charge in [0.1, 0.15) is 0 Å². The first-order chi connectivity index (χ1) is 7.24. The van der Waals surface area contributed by atoms with Gasteiger partial charge >= 0.3 is 0 Å². The summed E-state index contributed by atoms with van der Waals surface area (Å²) in [7, 11) is 0. The van der Waals surface area contributed by atoms with E-state index < -0.39 is 0 Å². The number of hydrogen-bond donors (Lipinski definition) is 0. The molecule has 0 radical (unpaired) electrons. The summed E-state index contributed by atoms with van der Waals surface area (Å²) in [5, 5.41) is 0. The van der Waals surface area contributed by atoms with E-state index in [9.17, 15) is 0 Å². The average molecular weight is 206 g/mol. The molecule has 0 unspecified atom stereocenters. The molecular formula is C15H26. The summed E-state index contributed by atoms with van der Waals surface area (Å²) in [4.78, 5) is 0. The molecule has 0 bridgehead atoms. The molecule has 0 heterocycles. The van der Waals surface area contributed by atoms with Crippen LogP contribution in [-0.4, -0.2) is 0 Å². The zero-order chi connectivity index (χ0) is 11.7. The van der Waals surface area contributed by atoms with Crippen molar-refractivity contribution in [2.45, 2.75) is 53.9 Å². The Balaban J connectivity index is 0.000000921. The molecule has 0 N–H and O–H groups in total. The van der Waals surface area contributed by atoms with E-state index in [4.69, 9.17) is 0 Å². The Labute approximate surface area is 95.7 Å². The highest BCUT2D eigenvalue weighted by Gasteiger charge is 2.00. The predicted molar refractivity (Wildman–Crippen MR) is 70.3 cm³/mol. The molecule has 0 fully saturated rings. The Morgan fingerprint density at radius 1 is 1.00 bits per heavy atom. The fraction of sp³-hybridized carbons (Fsp3) is 0.600. The molecule has 0 heteroatoms. The second-order valence-corrected chi connectivity index (χ2v) is 4.05. The van der Waals surface area contributed by atoms with E-state index in [2.05, 4.69) is 45.0 Å². The molecule has 0 atom stereocenters. The van der Waals surface area contributed by atoms with Crippen LogP contribution < -0.4 is 0 Å². The molecule has 1 aromatic rings. The lowest BCUT2D eigenvalue weighted by molar-refractivity contribution is 0.585. The highest BCUT2D eigenvalue weighted by Crippen LogP contribution is 2.14. The first kappa shape index (κ1) is 14.2. The van der Waals surface area contributed by atoms with Crippen molar-refractivity contribution in [1.29, 1.82) is 0 Å². The lowest BCUT2D eigenvalue weighted by Gasteiger charge is -2.08. The fourth-order valence-electron chi connectivity index (χ4n) is 1.59. The van der Waals surface area contributed by atoms with Gasteiger partial charge in [0.25, 0.3) is 0 Å². The van der Waals surface area contributed by atoms with E-state index >= 15 is 0 Å². The molecule has 86 valence electrons. The van der Waals surface area contributed by atoms with E-state index in [1.54, 1.807) is 5.56 Å². The van der Waals surface area contributed by atoms with Gasteiger partial charge in [0.15, 0.2) is 0 Å². The molecule has 0 amide bonds. The second kappa shape index (κ2) is 8.52. The topological polar surface area (TPSA) is 0 Å². The van der Waals surface area contributed by atoms with Crippen LogP contribution in [0.1, 0.15) is 52.2 Å². The standard InChI is InChI=1S/C13H20.C2H6/c1-4-12-7-5-6-8-13(12)10-9-11(2)3;1-2/h5-8,11H,4,9-10H2,1-3H3;1-2H3. The highest BCUT2D eigenvalue weighted by atomic mass is 14.1. The molecule has 0 nitrogen and oxygen atoms in total. The lowest BCUT2D eigenvalue weighted by Crippen LogP contribution is -1.96. The van der Waals surface area contributed by atoms with Gasteiger partial charge in [-0.1, -0.05) is 58.9 Å². The Bertz CT molecular complexity index is 248. The molecule has 15 heavy (non-hydrogen) atoms. The lowest BCUT2D eigenvalue weighted by atomic mass is 9.97. The van der Waals surface area contributed by atoms with Gasteiger partial charge in [-0.25, -0.2) is 0 Å². The van der Waals surface area contributed by atoms with Gasteiger partial charge in [0.2, 0.25) is 0 Å². The number of rotatable bonds is 4. The third-order valence-electron chi connectivity index (χ3n) is 2.49. The van der Waals surface area contributed by atoms with Crippen LogP contribution in [0.15, 0.2) is 24.3 Å². The van der Waals surface area contributed by atoms with Crippen molar-refractivity contribution >= 4 is 0 Å². The number of benzene rings is 1. The normalized spacial score (nSPS) is 9.73. The Morgan fingerprint density at radius 3 is 2.00 bits per heavy atom. The molecule has 0 aliphatic heterocycles. The minimum absolute atomic E-state index is 0.810. The summed E-state index contributed by atoms with van der Waals surface area (Å²) in [6.07, 6.45) is 3.70. The summed E-state index contributed by atoms with van der Waals surface area (Å²) in [6.45, 7) is 10.8. The van der Waals surface area contributed by atoms with Gasteiger partial charge in [-0.2, -0.15) is 0 Å². The summed E-state index contributed by atoms with van der Waals surface area (Å²) in [5.74, 6) is 0.810. The maximum atomic E-state index is 2.29. The van der Waals surface area contributed by atoms with Crippen molar-refractivity contribution in [3.8, 4) is 0 Å². The molecule has 1 rings (SSSR count). The zero-order valence-corrected chi connectivity index (χ0v) is 11.0. The quantitative estimate of drug-likeness (QED) is 0.659. The first-order valence-electron chi connectivity index (χ1n) is 6.30. The van der Waals surface area contributed by atoms with Crippen molar-refractivity contribution in [3.05, 3.63) is 35.4 Å². The Kier molecular flexibility index (Phi) is 8.08. The molecule has 1 aromatic carbocycles. The third kappa shape index (κ3) is 5.61. The fourth-order valence-corrected chi connectivity index (χ4v) is 1.59. The number of hydrogen-bond acceptors (Lipinski definition) is 0. The largest absolute Gasteiger partial charge is 0.0683 e. The van der Waals surface area contributed by atoms with Crippen LogP contribution in [0.2, 0.25) is 0 Å². The van der Waals surface area contributed by atoms with Crippen LogP contribution in [0.4, 0.5) is 0 Å². The average Bonchev–Trinajstić information content (AvgIpc) is 2.29. The molecule has 0 aliphatic rings. The van der Waals surface area contributed by atoms with Gasteiger partial charge in [0, 0.05) is 0 Å². The van der Waals surface area contributed by atoms with E-state index in [1.165, 1.54) is 18.4 Å². The summed E-state index contributed by atoms with van der Waals surface area (Å²) >= 11 is 0. The SMILES string of the molecule is CC.CCc1ccccc1CCC(C)C. The van der Waals surface area contributed by atoms with Crippen LogP contribution in [0.5, 0.6) is 0 Å². The van der Waals surface area contributed by atoms with E-state index in [0.717, 1.165) is 12.3 Å². The van der Waals surface area contributed by atoms with Crippen molar-refractivity contribution in [2.75, 3.05) is 0 Å². The maximum Gasteiger partial charge on any atom is -0.0274 e. The minimum atomic E-state index is 0.810. The smallest absolute Gasteiger partial charge is 0.0274 e. The highest BCUT2D eigenvalue weighted by molar-refractivity contribution is 5.27.